The molecule has 1 saturated heterocycles. The average Bonchev–Trinajstić information content (AvgIpc) is 2.55. The molecule has 25 heavy (non-hydrogen) atoms. The van der Waals surface area contributed by atoms with Gasteiger partial charge in [-0.1, -0.05) is 0 Å². The number of nitrogens with one attached hydrogen (secondary N) is 2. The second-order valence-electron chi connectivity index (χ2n) is 5.87. The van der Waals surface area contributed by atoms with Gasteiger partial charge >= 0.3 is 6.18 Å². The second-order valence-corrected chi connectivity index (χ2v) is 5.87. The molecule has 0 spiro atoms. The third-order valence-corrected chi connectivity index (χ3v) is 3.89. The summed E-state index contributed by atoms with van der Waals surface area (Å²) in [6.45, 7) is 0.612. The lowest BCUT2D eigenvalue weighted by Gasteiger charge is -2.34. The Bertz CT molecular complexity index is 596. The van der Waals surface area contributed by atoms with Crippen molar-refractivity contribution in [3.05, 3.63) is 29.8 Å². The molecule has 1 aromatic carbocycles. The summed E-state index contributed by atoms with van der Waals surface area (Å²) in [5.74, 6) is -0.452. The van der Waals surface area contributed by atoms with Crippen molar-refractivity contribution in [3.63, 3.8) is 0 Å². The molecule has 0 saturated carbocycles. The first-order valence-electron chi connectivity index (χ1n) is 7.90. The summed E-state index contributed by atoms with van der Waals surface area (Å²) < 4.78 is 37.0. The van der Waals surface area contributed by atoms with Gasteiger partial charge in [0.1, 0.15) is 0 Å². The first-order chi connectivity index (χ1) is 11.8. The van der Waals surface area contributed by atoms with E-state index in [4.69, 9.17) is 0 Å². The number of carbonyl (C=O) groups excluding carboxylic acids is 2. The molecule has 1 fully saturated rings. The lowest BCUT2D eigenvalue weighted by atomic mass is 10.2. The van der Waals surface area contributed by atoms with Crippen molar-refractivity contribution in [2.75, 3.05) is 51.6 Å². The van der Waals surface area contributed by atoms with Crippen LogP contribution in [0.2, 0.25) is 0 Å². The number of hydrogen-bond donors (Lipinski definition) is 2. The fourth-order valence-electron chi connectivity index (χ4n) is 2.61. The predicted molar refractivity (Wildman–Crippen MR) is 87.4 cm³/mol. The number of amides is 2. The van der Waals surface area contributed by atoms with Crippen LogP contribution in [-0.4, -0.2) is 74.1 Å². The third kappa shape index (κ3) is 6.35. The first-order valence-corrected chi connectivity index (χ1v) is 7.90. The van der Waals surface area contributed by atoms with Gasteiger partial charge in [0.05, 0.1) is 13.1 Å². The van der Waals surface area contributed by atoms with Crippen LogP contribution in [0.1, 0.15) is 10.4 Å². The molecule has 0 aliphatic carbocycles. The highest BCUT2D eigenvalue weighted by atomic mass is 19.4. The van der Waals surface area contributed by atoms with E-state index < -0.39 is 12.7 Å². The lowest BCUT2D eigenvalue weighted by Crippen LogP contribution is -2.50. The minimum absolute atomic E-state index is 0.122. The van der Waals surface area contributed by atoms with Crippen molar-refractivity contribution in [3.8, 4) is 0 Å². The molecule has 9 heteroatoms. The molecule has 0 aromatic heterocycles. The molecule has 1 aliphatic heterocycles. The van der Waals surface area contributed by atoms with E-state index in [1.165, 1.54) is 11.9 Å². The lowest BCUT2D eigenvalue weighted by molar-refractivity contribution is -0.149. The first kappa shape index (κ1) is 19.2. The van der Waals surface area contributed by atoms with Gasteiger partial charge in [-0.2, -0.15) is 13.2 Å². The Morgan fingerprint density at radius 2 is 1.60 bits per heavy atom. The zero-order valence-corrected chi connectivity index (χ0v) is 13.9. The molecular formula is C16H21F3N4O2. The van der Waals surface area contributed by atoms with Crippen LogP contribution in [0.3, 0.4) is 0 Å². The second kappa shape index (κ2) is 8.30. The highest BCUT2D eigenvalue weighted by Crippen LogP contribution is 2.17. The summed E-state index contributed by atoms with van der Waals surface area (Å²) in [5, 5.41) is 5.22. The van der Waals surface area contributed by atoms with Crippen LogP contribution in [0.25, 0.3) is 0 Å². The number of anilines is 1. The molecule has 1 aromatic rings. The van der Waals surface area contributed by atoms with Crippen molar-refractivity contribution in [1.29, 1.82) is 0 Å². The summed E-state index contributed by atoms with van der Waals surface area (Å²) in [4.78, 5) is 26.6. The molecule has 0 bridgehead atoms. The molecule has 1 heterocycles. The zero-order valence-electron chi connectivity index (χ0n) is 13.9. The van der Waals surface area contributed by atoms with Crippen LogP contribution in [0.15, 0.2) is 24.3 Å². The molecule has 0 atom stereocenters. The van der Waals surface area contributed by atoms with E-state index in [1.807, 2.05) is 4.90 Å². The molecule has 138 valence electrons. The molecule has 0 unspecified atom stereocenters. The fraction of sp³-hybridized carbons (Fsp3) is 0.500. The molecule has 0 radical (unpaired) electrons. The minimum Gasteiger partial charge on any atom is -0.355 e. The van der Waals surface area contributed by atoms with Gasteiger partial charge in [0, 0.05) is 44.5 Å². The Morgan fingerprint density at radius 1 is 1.04 bits per heavy atom. The Labute approximate surface area is 144 Å². The summed E-state index contributed by atoms with van der Waals surface area (Å²) in [6.07, 6.45) is -4.19. The third-order valence-electron chi connectivity index (χ3n) is 3.89. The SMILES string of the molecule is CNC(=O)c1ccc(NC(=O)CN2CCN(CC(F)(F)F)CC2)cc1. The van der Waals surface area contributed by atoms with Gasteiger partial charge in [0.25, 0.3) is 5.91 Å². The molecule has 2 rings (SSSR count). The number of hydrogen-bond acceptors (Lipinski definition) is 4. The van der Waals surface area contributed by atoms with Crippen LogP contribution in [-0.2, 0) is 4.79 Å². The van der Waals surface area contributed by atoms with Crippen molar-refractivity contribution in [2.45, 2.75) is 6.18 Å². The van der Waals surface area contributed by atoms with Gasteiger partial charge in [-0.25, -0.2) is 0 Å². The summed E-state index contributed by atoms with van der Waals surface area (Å²) in [5.41, 5.74) is 1.05. The van der Waals surface area contributed by atoms with Crippen molar-refractivity contribution in [2.24, 2.45) is 0 Å². The van der Waals surface area contributed by atoms with Gasteiger partial charge in [-0.3, -0.25) is 19.4 Å². The van der Waals surface area contributed by atoms with Gasteiger partial charge in [-0.05, 0) is 24.3 Å². The van der Waals surface area contributed by atoms with Gasteiger partial charge < -0.3 is 10.6 Å². The topological polar surface area (TPSA) is 64.7 Å². The number of halogens is 3. The fourth-order valence-corrected chi connectivity index (χ4v) is 2.61. The number of piperazine rings is 1. The van der Waals surface area contributed by atoms with Crippen LogP contribution in [0.5, 0.6) is 0 Å². The number of rotatable bonds is 5. The van der Waals surface area contributed by atoms with E-state index in [9.17, 15) is 22.8 Å². The standard InChI is InChI=1S/C16H21F3N4O2/c1-20-15(25)12-2-4-13(5-3-12)21-14(24)10-22-6-8-23(9-7-22)11-16(17,18)19/h2-5H,6-11H2,1H3,(H,20,25)(H,21,24). The minimum atomic E-state index is -4.19. The van der Waals surface area contributed by atoms with E-state index in [2.05, 4.69) is 10.6 Å². The largest absolute Gasteiger partial charge is 0.401 e. The number of carbonyl (C=O) groups is 2. The monoisotopic (exact) mass is 358 g/mol. The van der Waals surface area contributed by atoms with E-state index in [-0.39, 0.29) is 31.4 Å². The van der Waals surface area contributed by atoms with Crippen LogP contribution in [0, 0.1) is 0 Å². The number of benzene rings is 1. The predicted octanol–water partition coefficient (Wildman–Crippen LogP) is 1.16. The highest BCUT2D eigenvalue weighted by Gasteiger charge is 2.32. The smallest absolute Gasteiger partial charge is 0.355 e. The maximum atomic E-state index is 12.3. The van der Waals surface area contributed by atoms with E-state index in [0.717, 1.165) is 0 Å². The van der Waals surface area contributed by atoms with Gasteiger partial charge in [0.15, 0.2) is 0 Å². The quantitative estimate of drug-likeness (QED) is 0.829. The maximum Gasteiger partial charge on any atom is 0.401 e. The van der Waals surface area contributed by atoms with Crippen LogP contribution >= 0.6 is 0 Å². The average molecular weight is 358 g/mol. The van der Waals surface area contributed by atoms with Crippen molar-refractivity contribution < 1.29 is 22.8 Å². The summed E-state index contributed by atoms with van der Waals surface area (Å²) >= 11 is 0. The Balaban J connectivity index is 1.77. The van der Waals surface area contributed by atoms with E-state index in [0.29, 0.717) is 24.3 Å². The molecule has 1 aliphatic rings. The molecule has 6 nitrogen and oxygen atoms in total. The van der Waals surface area contributed by atoms with Crippen molar-refractivity contribution >= 4 is 17.5 Å². The maximum absolute atomic E-state index is 12.3. The van der Waals surface area contributed by atoms with Crippen molar-refractivity contribution in [1.82, 2.24) is 15.1 Å². The van der Waals surface area contributed by atoms with Crippen LogP contribution in [0.4, 0.5) is 18.9 Å². The summed E-state index contributed by atoms with van der Waals surface area (Å²) in [6, 6.07) is 6.46. The summed E-state index contributed by atoms with van der Waals surface area (Å²) in [7, 11) is 1.53. The zero-order chi connectivity index (χ0) is 18.4. The van der Waals surface area contributed by atoms with Crippen LogP contribution < -0.4 is 10.6 Å². The van der Waals surface area contributed by atoms with E-state index in [1.54, 1.807) is 24.3 Å². The highest BCUT2D eigenvalue weighted by molar-refractivity contribution is 5.96. The van der Waals surface area contributed by atoms with Gasteiger partial charge in [0.2, 0.25) is 5.91 Å². The number of alkyl halides is 3. The Morgan fingerprint density at radius 3 is 2.12 bits per heavy atom. The normalized spacial score (nSPS) is 16.5. The Kier molecular flexibility index (Phi) is 6.38. The molecular weight excluding hydrogens is 337 g/mol. The molecule has 2 N–H and O–H groups in total. The molecule has 2 amide bonds. The van der Waals surface area contributed by atoms with Gasteiger partial charge in [-0.15, -0.1) is 0 Å². The Hall–Kier alpha value is -2.13. The van der Waals surface area contributed by atoms with E-state index >= 15 is 0 Å². The number of nitrogens with zero attached hydrogens (tertiary/aromatic N) is 2.